The molecule has 0 saturated heterocycles. The van der Waals surface area contributed by atoms with Gasteiger partial charge in [-0.3, -0.25) is 14.4 Å². The summed E-state index contributed by atoms with van der Waals surface area (Å²) in [4.78, 5) is 51.0. The highest BCUT2D eigenvalue weighted by molar-refractivity contribution is 5.96. The molecule has 41 heavy (non-hydrogen) atoms. The predicted octanol–water partition coefficient (Wildman–Crippen LogP) is 7.64. The van der Waals surface area contributed by atoms with Crippen molar-refractivity contribution in [1.29, 1.82) is 0 Å². The summed E-state index contributed by atoms with van der Waals surface area (Å²) in [5, 5.41) is 2.87. The second kappa shape index (κ2) is 18.0. The summed E-state index contributed by atoms with van der Waals surface area (Å²) in [5.41, 5.74) is -1.69. The fraction of sp³-hybridized carbons (Fsp3) is 0.688. The zero-order valence-electron chi connectivity index (χ0n) is 25.5. The van der Waals surface area contributed by atoms with E-state index in [9.17, 15) is 32.3 Å². The summed E-state index contributed by atoms with van der Waals surface area (Å²) >= 11 is 0. The van der Waals surface area contributed by atoms with E-state index in [0.717, 1.165) is 31.7 Å². The Morgan fingerprint density at radius 3 is 2.07 bits per heavy atom. The van der Waals surface area contributed by atoms with Crippen molar-refractivity contribution in [3.63, 3.8) is 0 Å². The van der Waals surface area contributed by atoms with E-state index in [2.05, 4.69) is 12.2 Å². The van der Waals surface area contributed by atoms with Crippen molar-refractivity contribution in [2.45, 2.75) is 118 Å². The zero-order valence-corrected chi connectivity index (χ0v) is 25.5. The number of aryl methyl sites for hydroxylation is 1. The van der Waals surface area contributed by atoms with E-state index < -0.39 is 47.6 Å². The average molecular weight is 584 g/mol. The molecule has 0 aliphatic carbocycles. The number of unbranched alkanes of at least 4 members (excludes halogenated alkanes) is 6. The highest BCUT2D eigenvalue weighted by atomic mass is 19.4. The van der Waals surface area contributed by atoms with Gasteiger partial charge in [-0.05, 0) is 37.3 Å². The van der Waals surface area contributed by atoms with E-state index in [4.69, 9.17) is 4.74 Å². The lowest BCUT2D eigenvalue weighted by Gasteiger charge is -2.23. The molecule has 0 saturated carbocycles. The number of Topliss-reactive ketones (excluding diaryl/α,β-unsaturated/α-hetero) is 2. The van der Waals surface area contributed by atoms with Crippen LogP contribution in [0.4, 0.5) is 13.2 Å². The minimum atomic E-state index is -4.76. The minimum Gasteiger partial charge on any atom is -0.454 e. The van der Waals surface area contributed by atoms with E-state index in [1.54, 1.807) is 0 Å². The van der Waals surface area contributed by atoms with Gasteiger partial charge in [0.25, 0.3) is 0 Å². The predicted molar refractivity (Wildman–Crippen MR) is 153 cm³/mol. The van der Waals surface area contributed by atoms with Crippen molar-refractivity contribution in [3.8, 4) is 0 Å². The lowest BCUT2D eigenvalue weighted by atomic mass is 9.91. The van der Waals surface area contributed by atoms with Gasteiger partial charge in [-0.2, -0.15) is 13.2 Å². The fourth-order valence-electron chi connectivity index (χ4n) is 4.68. The highest BCUT2D eigenvalue weighted by Gasteiger charge is 2.36. The molecule has 1 aromatic carbocycles. The number of ketones is 2. The molecule has 3 atom stereocenters. The Morgan fingerprint density at radius 2 is 1.49 bits per heavy atom. The number of benzene rings is 1. The number of hydrogen-bond acceptors (Lipinski definition) is 5. The first-order chi connectivity index (χ1) is 19.2. The van der Waals surface area contributed by atoms with E-state index in [-0.39, 0.29) is 35.5 Å². The number of rotatable bonds is 19. The Bertz CT molecular complexity index is 1010. The third-order valence-electron chi connectivity index (χ3n) is 7.29. The Hall–Kier alpha value is -2.71. The molecule has 1 N–H and O–H groups in total. The number of ether oxygens (including phenoxy) is 1. The highest BCUT2D eigenvalue weighted by Crippen LogP contribution is 2.33. The van der Waals surface area contributed by atoms with Crippen LogP contribution < -0.4 is 5.32 Å². The number of halogens is 3. The Kier molecular flexibility index (Phi) is 15.9. The van der Waals surface area contributed by atoms with Crippen LogP contribution in [-0.2, 0) is 25.3 Å². The number of nitrogens with one attached hydrogen (secondary N) is 1. The fourth-order valence-corrected chi connectivity index (χ4v) is 4.68. The van der Waals surface area contributed by atoms with Gasteiger partial charge >= 0.3 is 12.1 Å². The molecule has 0 aromatic heterocycles. The van der Waals surface area contributed by atoms with Crippen LogP contribution in [0.25, 0.3) is 0 Å². The molecular formula is C32H48F3NO5. The van der Waals surface area contributed by atoms with Crippen LogP contribution in [0.1, 0.15) is 120 Å². The summed E-state index contributed by atoms with van der Waals surface area (Å²) in [5.74, 6) is -3.30. The maximum atomic E-state index is 13.4. The Balaban J connectivity index is 2.68. The van der Waals surface area contributed by atoms with Gasteiger partial charge in [0.05, 0.1) is 17.2 Å². The number of carbonyl (C=O) groups excluding carboxylic acids is 4. The van der Waals surface area contributed by atoms with Crippen molar-refractivity contribution in [2.75, 3.05) is 6.61 Å². The largest absolute Gasteiger partial charge is 0.454 e. The van der Waals surface area contributed by atoms with Crippen LogP contribution in [0.15, 0.2) is 18.2 Å². The zero-order chi connectivity index (χ0) is 31.2. The minimum absolute atomic E-state index is 0.0778. The molecule has 0 aliphatic heterocycles. The van der Waals surface area contributed by atoms with Crippen molar-refractivity contribution >= 4 is 23.4 Å². The van der Waals surface area contributed by atoms with Crippen LogP contribution in [0, 0.1) is 24.7 Å². The molecule has 0 heterocycles. The van der Waals surface area contributed by atoms with Crippen LogP contribution in [-0.4, -0.2) is 36.1 Å². The molecule has 1 aromatic rings. The normalized spacial score (nSPS) is 13.9. The lowest BCUT2D eigenvalue weighted by Crippen LogP contribution is -2.44. The van der Waals surface area contributed by atoms with Gasteiger partial charge in [-0.25, -0.2) is 4.79 Å². The van der Waals surface area contributed by atoms with Gasteiger partial charge in [0, 0.05) is 18.3 Å². The van der Waals surface area contributed by atoms with Gasteiger partial charge in [0.2, 0.25) is 5.91 Å². The summed E-state index contributed by atoms with van der Waals surface area (Å²) in [6.07, 6.45) is 4.27. The van der Waals surface area contributed by atoms with Crippen LogP contribution in [0.2, 0.25) is 0 Å². The van der Waals surface area contributed by atoms with Crippen molar-refractivity contribution in [3.05, 3.63) is 34.9 Å². The van der Waals surface area contributed by atoms with Gasteiger partial charge < -0.3 is 10.1 Å². The quantitative estimate of drug-likeness (QED) is 0.134. The third-order valence-corrected chi connectivity index (χ3v) is 7.29. The van der Waals surface area contributed by atoms with Gasteiger partial charge in [0.1, 0.15) is 0 Å². The molecular weight excluding hydrogens is 535 g/mol. The molecule has 0 fully saturated rings. The SMILES string of the molecule is CCCCCCCCCC(C)C(=O)NC(CC(C)C)C(=O)C[C@@H](C)C(=O)COC(=O)c1c(C)cccc1C(F)(F)F. The summed E-state index contributed by atoms with van der Waals surface area (Å²) in [7, 11) is 0. The van der Waals surface area contributed by atoms with Crippen LogP contribution in [0.5, 0.6) is 0 Å². The van der Waals surface area contributed by atoms with E-state index in [1.165, 1.54) is 51.7 Å². The Labute approximate surface area is 243 Å². The second-order valence-corrected chi connectivity index (χ2v) is 11.6. The molecule has 232 valence electrons. The molecule has 0 spiro atoms. The van der Waals surface area contributed by atoms with Gasteiger partial charge in [-0.1, -0.05) is 91.7 Å². The van der Waals surface area contributed by atoms with E-state index in [0.29, 0.717) is 6.42 Å². The maximum absolute atomic E-state index is 13.4. The number of esters is 1. The molecule has 1 amide bonds. The lowest BCUT2D eigenvalue weighted by molar-refractivity contribution is -0.138. The van der Waals surface area contributed by atoms with Crippen LogP contribution in [0.3, 0.4) is 0 Å². The molecule has 0 bridgehead atoms. The molecule has 1 rings (SSSR count). The summed E-state index contributed by atoms with van der Waals surface area (Å²) in [6.45, 7) is 10.00. The maximum Gasteiger partial charge on any atom is 0.417 e. The standard InChI is InChI=1S/C32H48F3NO5/c1-7-8-9-10-11-12-13-15-23(5)30(39)36-26(18-21(2)3)27(37)19-24(6)28(38)20-41-31(40)29-22(4)16-14-17-25(29)32(33,34)35/h14,16-17,21,23-24,26H,7-13,15,18-20H2,1-6H3,(H,36,39)/t23?,24-,26?/m1/s1. The first kappa shape index (κ1) is 36.3. The van der Waals surface area contributed by atoms with E-state index in [1.807, 2.05) is 20.8 Å². The van der Waals surface area contributed by atoms with Gasteiger partial charge in [-0.15, -0.1) is 0 Å². The summed E-state index contributed by atoms with van der Waals surface area (Å²) < 4.78 is 45.0. The van der Waals surface area contributed by atoms with Crippen molar-refractivity contribution in [1.82, 2.24) is 5.32 Å². The number of amides is 1. The molecule has 9 heteroatoms. The second-order valence-electron chi connectivity index (χ2n) is 11.6. The third kappa shape index (κ3) is 13.2. The van der Waals surface area contributed by atoms with Crippen LogP contribution >= 0.6 is 0 Å². The smallest absolute Gasteiger partial charge is 0.417 e. The topological polar surface area (TPSA) is 89.5 Å². The first-order valence-corrected chi connectivity index (χ1v) is 14.9. The molecule has 2 unspecified atom stereocenters. The summed E-state index contributed by atoms with van der Waals surface area (Å²) in [6, 6.07) is 2.58. The first-order valence-electron chi connectivity index (χ1n) is 14.9. The molecule has 0 aliphatic rings. The number of carbonyl (C=O) groups is 4. The van der Waals surface area contributed by atoms with Gasteiger partial charge in [0.15, 0.2) is 18.2 Å². The monoisotopic (exact) mass is 583 g/mol. The molecule has 6 nitrogen and oxygen atoms in total. The number of hydrogen-bond donors (Lipinski definition) is 1. The molecule has 0 radical (unpaired) electrons. The number of alkyl halides is 3. The van der Waals surface area contributed by atoms with E-state index >= 15 is 0 Å². The van der Waals surface area contributed by atoms with Crippen molar-refractivity contribution in [2.24, 2.45) is 17.8 Å². The average Bonchev–Trinajstić information content (AvgIpc) is 2.89. The Morgan fingerprint density at radius 1 is 0.878 bits per heavy atom. The van der Waals surface area contributed by atoms with Crippen molar-refractivity contribution < 1.29 is 37.1 Å².